The highest BCUT2D eigenvalue weighted by Crippen LogP contribution is 2.16. The lowest BCUT2D eigenvalue weighted by atomic mass is 10.1. The first-order chi connectivity index (χ1) is 7.92. The van der Waals surface area contributed by atoms with Crippen LogP contribution >= 0.6 is 0 Å². The predicted molar refractivity (Wildman–Crippen MR) is 66.9 cm³/mol. The normalized spacial score (nSPS) is 13.8. The molecular formula is C10H20N4O2S. The number of anilines is 1. The van der Waals surface area contributed by atoms with E-state index in [-0.39, 0.29) is 16.9 Å². The Morgan fingerprint density at radius 3 is 2.59 bits per heavy atom. The van der Waals surface area contributed by atoms with Gasteiger partial charge in [-0.15, -0.1) is 0 Å². The maximum Gasteiger partial charge on any atom is 0.260 e. The molecule has 0 amide bonds. The van der Waals surface area contributed by atoms with Crippen LogP contribution in [0, 0.1) is 0 Å². The third kappa shape index (κ3) is 3.19. The van der Waals surface area contributed by atoms with Gasteiger partial charge in [0.05, 0.1) is 6.33 Å². The Morgan fingerprint density at radius 1 is 1.53 bits per heavy atom. The lowest BCUT2D eigenvalue weighted by molar-refractivity contribution is 0.508. The van der Waals surface area contributed by atoms with Crippen LogP contribution in [0.5, 0.6) is 0 Å². The molecule has 17 heavy (non-hydrogen) atoms. The molecule has 0 spiro atoms. The SMILES string of the molecule is CCCC(CC)NS(=O)(=O)c1c(N)ncn1C. The van der Waals surface area contributed by atoms with Gasteiger partial charge in [-0.2, -0.15) is 0 Å². The van der Waals surface area contributed by atoms with Gasteiger partial charge in [-0.05, 0) is 12.8 Å². The summed E-state index contributed by atoms with van der Waals surface area (Å²) in [7, 11) is -1.98. The van der Waals surface area contributed by atoms with Crippen molar-refractivity contribution in [2.24, 2.45) is 7.05 Å². The zero-order chi connectivity index (χ0) is 13.1. The average Bonchev–Trinajstić information content (AvgIpc) is 2.58. The number of nitrogens with two attached hydrogens (primary N) is 1. The first-order valence-corrected chi connectivity index (χ1v) is 7.19. The van der Waals surface area contributed by atoms with Crippen molar-refractivity contribution in [2.75, 3.05) is 5.73 Å². The lowest BCUT2D eigenvalue weighted by Crippen LogP contribution is -2.35. The Morgan fingerprint density at radius 2 is 2.18 bits per heavy atom. The number of hydrogen-bond acceptors (Lipinski definition) is 4. The molecule has 0 aromatic carbocycles. The van der Waals surface area contributed by atoms with Crippen LogP contribution in [-0.2, 0) is 17.1 Å². The molecule has 7 heteroatoms. The van der Waals surface area contributed by atoms with E-state index in [0.717, 1.165) is 19.3 Å². The molecule has 1 aromatic heterocycles. The van der Waals surface area contributed by atoms with Gasteiger partial charge in [-0.3, -0.25) is 0 Å². The second-order valence-corrected chi connectivity index (χ2v) is 5.69. The third-order valence-corrected chi connectivity index (χ3v) is 4.27. The molecule has 1 unspecified atom stereocenters. The molecule has 0 radical (unpaired) electrons. The predicted octanol–water partition coefficient (Wildman–Crippen LogP) is 0.859. The zero-order valence-corrected chi connectivity index (χ0v) is 11.3. The summed E-state index contributed by atoms with van der Waals surface area (Å²) in [6.07, 6.45) is 3.89. The number of sulfonamides is 1. The summed E-state index contributed by atoms with van der Waals surface area (Å²) in [5.74, 6) is 0.0337. The van der Waals surface area contributed by atoms with Crippen molar-refractivity contribution >= 4 is 15.8 Å². The molecule has 6 nitrogen and oxygen atoms in total. The van der Waals surface area contributed by atoms with Crippen molar-refractivity contribution in [3.8, 4) is 0 Å². The maximum absolute atomic E-state index is 12.1. The van der Waals surface area contributed by atoms with Crippen molar-refractivity contribution in [1.29, 1.82) is 0 Å². The first kappa shape index (κ1) is 14.0. The molecular weight excluding hydrogens is 240 g/mol. The van der Waals surface area contributed by atoms with Crippen LogP contribution in [0.3, 0.4) is 0 Å². The Hall–Kier alpha value is -1.08. The molecule has 1 aromatic rings. The molecule has 98 valence electrons. The lowest BCUT2D eigenvalue weighted by Gasteiger charge is -2.16. The smallest absolute Gasteiger partial charge is 0.260 e. The number of hydrogen-bond donors (Lipinski definition) is 2. The zero-order valence-electron chi connectivity index (χ0n) is 10.5. The number of aryl methyl sites for hydroxylation is 1. The second kappa shape index (κ2) is 5.50. The molecule has 0 aliphatic rings. The van der Waals surface area contributed by atoms with Crippen LogP contribution in [0.2, 0.25) is 0 Å². The fourth-order valence-corrected chi connectivity index (χ4v) is 3.32. The number of nitrogens with one attached hydrogen (secondary N) is 1. The minimum absolute atomic E-state index is 0.0337. The summed E-state index contributed by atoms with van der Waals surface area (Å²) in [6.45, 7) is 3.98. The van der Waals surface area contributed by atoms with Gasteiger partial charge in [0, 0.05) is 13.1 Å². The molecule has 1 heterocycles. The topological polar surface area (TPSA) is 90.0 Å². The molecule has 0 fully saturated rings. The highest BCUT2D eigenvalue weighted by atomic mass is 32.2. The highest BCUT2D eigenvalue weighted by Gasteiger charge is 2.24. The highest BCUT2D eigenvalue weighted by molar-refractivity contribution is 7.89. The van der Waals surface area contributed by atoms with Crippen LogP contribution in [0.4, 0.5) is 5.82 Å². The number of nitrogens with zero attached hydrogens (tertiary/aromatic N) is 2. The third-order valence-electron chi connectivity index (χ3n) is 2.62. The van der Waals surface area contributed by atoms with Crippen LogP contribution in [-0.4, -0.2) is 24.0 Å². The van der Waals surface area contributed by atoms with E-state index in [2.05, 4.69) is 9.71 Å². The maximum atomic E-state index is 12.1. The van der Waals surface area contributed by atoms with E-state index in [4.69, 9.17) is 5.73 Å². The van der Waals surface area contributed by atoms with Crippen molar-refractivity contribution in [3.05, 3.63) is 6.33 Å². The van der Waals surface area contributed by atoms with Gasteiger partial charge in [0.2, 0.25) is 0 Å². The Kier molecular flexibility index (Phi) is 4.53. The van der Waals surface area contributed by atoms with Crippen molar-refractivity contribution in [2.45, 2.75) is 44.2 Å². The Bertz CT molecular complexity index is 447. The van der Waals surface area contributed by atoms with E-state index < -0.39 is 10.0 Å². The largest absolute Gasteiger partial charge is 0.381 e. The van der Waals surface area contributed by atoms with E-state index in [9.17, 15) is 8.42 Å². The quantitative estimate of drug-likeness (QED) is 0.793. The summed E-state index contributed by atoms with van der Waals surface area (Å²) in [6, 6.07) is -0.0562. The van der Waals surface area contributed by atoms with Gasteiger partial charge in [0.1, 0.15) is 0 Å². The average molecular weight is 260 g/mol. The van der Waals surface area contributed by atoms with E-state index in [0.29, 0.717) is 0 Å². The molecule has 1 atom stereocenters. The summed E-state index contributed by atoms with van der Waals surface area (Å²) in [4.78, 5) is 3.78. The van der Waals surface area contributed by atoms with Gasteiger partial charge in [0.25, 0.3) is 10.0 Å². The van der Waals surface area contributed by atoms with E-state index in [1.54, 1.807) is 7.05 Å². The van der Waals surface area contributed by atoms with E-state index >= 15 is 0 Å². The number of nitrogen functional groups attached to an aromatic ring is 1. The standard InChI is InChI=1S/C10H20N4O2S/c1-4-6-8(5-2)13-17(15,16)10-9(11)12-7-14(10)3/h7-8,13H,4-6,11H2,1-3H3. The van der Waals surface area contributed by atoms with E-state index in [1.165, 1.54) is 10.9 Å². The van der Waals surface area contributed by atoms with Crippen molar-refractivity contribution in [1.82, 2.24) is 14.3 Å². The summed E-state index contributed by atoms with van der Waals surface area (Å²) >= 11 is 0. The van der Waals surface area contributed by atoms with Gasteiger partial charge >= 0.3 is 0 Å². The molecule has 0 aliphatic heterocycles. The fourth-order valence-electron chi connectivity index (χ4n) is 1.73. The van der Waals surface area contributed by atoms with E-state index in [1.807, 2.05) is 13.8 Å². The minimum atomic E-state index is -3.59. The summed E-state index contributed by atoms with van der Waals surface area (Å²) in [5, 5.41) is 0.0343. The molecule has 0 bridgehead atoms. The van der Waals surface area contributed by atoms with Gasteiger partial charge in [-0.1, -0.05) is 20.3 Å². The number of aromatic nitrogens is 2. The van der Waals surface area contributed by atoms with Crippen LogP contribution < -0.4 is 10.5 Å². The summed E-state index contributed by atoms with van der Waals surface area (Å²) in [5.41, 5.74) is 5.57. The van der Waals surface area contributed by atoms with Gasteiger partial charge < -0.3 is 10.3 Å². The minimum Gasteiger partial charge on any atom is -0.381 e. The second-order valence-electron chi connectivity index (χ2n) is 4.06. The number of rotatable bonds is 6. The summed E-state index contributed by atoms with van der Waals surface area (Å²) < 4.78 is 28.3. The molecule has 1 rings (SSSR count). The molecule has 0 saturated carbocycles. The van der Waals surface area contributed by atoms with Crippen LogP contribution in [0.25, 0.3) is 0 Å². The first-order valence-electron chi connectivity index (χ1n) is 5.71. The molecule has 0 aliphatic carbocycles. The molecule has 3 N–H and O–H groups in total. The number of imidazole rings is 1. The van der Waals surface area contributed by atoms with Crippen LogP contribution in [0.15, 0.2) is 11.4 Å². The van der Waals surface area contributed by atoms with Crippen LogP contribution in [0.1, 0.15) is 33.1 Å². The monoisotopic (exact) mass is 260 g/mol. The molecule has 0 saturated heterocycles. The Labute approximate surface area is 102 Å². The Balaban J connectivity index is 2.96. The van der Waals surface area contributed by atoms with Crippen molar-refractivity contribution < 1.29 is 8.42 Å². The van der Waals surface area contributed by atoms with Gasteiger partial charge in [-0.25, -0.2) is 18.1 Å². The van der Waals surface area contributed by atoms with Crippen molar-refractivity contribution in [3.63, 3.8) is 0 Å². The fraction of sp³-hybridized carbons (Fsp3) is 0.700. The van der Waals surface area contributed by atoms with Gasteiger partial charge in [0.15, 0.2) is 10.8 Å².